The largest absolute Gasteiger partial charge is 0.382 e. The van der Waals surface area contributed by atoms with E-state index in [2.05, 4.69) is 17.2 Å². The van der Waals surface area contributed by atoms with Crippen LogP contribution in [-0.4, -0.2) is 38.5 Å². The van der Waals surface area contributed by atoms with Gasteiger partial charge in [-0.2, -0.15) is 0 Å². The molecule has 0 spiro atoms. The van der Waals surface area contributed by atoms with Crippen LogP contribution in [0, 0.1) is 13.8 Å². The molecule has 0 aliphatic carbocycles. The number of thiazole rings is 1. The molecule has 0 saturated heterocycles. The molecule has 0 radical (unpaired) electrons. The monoisotopic (exact) mass is 230 g/mol. The maximum atomic E-state index is 5.24. The number of nitrogens with zero attached hydrogens (tertiary/aromatic N) is 1. The van der Waals surface area contributed by atoms with Gasteiger partial charge in [-0.1, -0.05) is 0 Å². The van der Waals surface area contributed by atoms with Crippen LogP contribution in [0.3, 0.4) is 0 Å². The summed E-state index contributed by atoms with van der Waals surface area (Å²) < 4.78 is 10.3. The highest BCUT2D eigenvalue weighted by molar-refractivity contribution is 7.15. The zero-order chi connectivity index (χ0) is 11.3. The quantitative estimate of drug-likeness (QED) is 0.809. The van der Waals surface area contributed by atoms with E-state index in [4.69, 9.17) is 9.47 Å². The van der Waals surface area contributed by atoms with Crippen molar-refractivity contribution in [3.63, 3.8) is 0 Å². The summed E-state index contributed by atoms with van der Waals surface area (Å²) in [4.78, 5) is 5.64. The fraction of sp³-hybridized carbons (Fsp3) is 0.700. The third-order valence-corrected chi connectivity index (χ3v) is 3.23. The number of aryl methyl sites for hydroxylation is 2. The highest BCUT2D eigenvalue weighted by atomic mass is 32.1. The Bertz CT molecular complexity index is 282. The molecule has 4 nitrogen and oxygen atoms in total. The average Bonchev–Trinajstić information content (AvgIpc) is 2.53. The predicted molar refractivity (Wildman–Crippen MR) is 62.8 cm³/mol. The van der Waals surface area contributed by atoms with Crippen molar-refractivity contribution in [1.82, 2.24) is 4.98 Å². The van der Waals surface area contributed by atoms with Crippen molar-refractivity contribution >= 4 is 16.5 Å². The molecule has 1 rings (SSSR count). The van der Waals surface area contributed by atoms with Crippen LogP contribution in [0.1, 0.15) is 10.6 Å². The standard InChI is InChI=1S/C10H18N2O2S/c1-7-8(2)15-10(12-7)11-5-9(14-4)6-13-3/h9H,5-6H2,1-4H3,(H,11,12). The van der Waals surface area contributed by atoms with Crippen LogP contribution >= 0.6 is 11.3 Å². The van der Waals surface area contributed by atoms with Crippen LogP contribution < -0.4 is 5.32 Å². The fourth-order valence-corrected chi connectivity index (χ4v) is 1.97. The minimum atomic E-state index is 0.0690. The zero-order valence-electron chi connectivity index (χ0n) is 9.66. The third-order valence-electron chi connectivity index (χ3n) is 2.20. The highest BCUT2D eigenvalue weighted by Crippen LogP contribution is 2.20. The van der Waals surface area contributed by atoms with E-state index < -0.39 is 0 Å². The molecule has 86 valence electrons. The molecule has 0 amide bonds. The van der Waals surface area contributed by atoms with E-state index in [1.165, 1.54) is 4.88 Å². The minimum Gasteiger partial charge on any atom is -0.382 e. The second-order valence-corrected chi connectivity index (χ2v) is 4.56. The molecule has 15 heavy (non-hydrogen) atoms. The molecule has 5 heteroatoms. The van der Waals surface area contributed by atoms with Gasteiger partial charge in [-0.15, -0.1) is 11.3 Å². The van der Waals surface area contributed by atoms with Crippen LogP contribution in [0.15, 0.2) is 0 Å². The van der Waals surface area contributed by atoms with Crippen molar-refractivity contribution in [3.05, 3.63) is 10.6 Å². The number of nitrogens with one attached hydrogen (secondary N) is 1. The molecule has 1 heterocycles. The first-order valence-electron chi connectivity index (χ1n) is 4.87. The van der Waals surface area contributed by atoms with Gasteiger partial charge in [0.25, 0.3) is 0 Å². The third kappa shape index (κ3) is 3.77. The summed E-state index contributed by atoms with van der Waals surface area (Å²) in [5.74, 6) is 0. The summed E-state index contributed by atoms with van der Waals surface area (Å²) in [7, 11) is 3.35. The molecule has 1 atom stereocenters. The molecule has 0 fully saturated rings. The molecular formula is C10H18N2O2S. The van der Waals surface area contributed by atoms with E-state index in [1.807, 2.05) is 6.92 Å². The number of methoxy groups -OCH3 is 2. The lowest BCUT2D eigenvalue weighted by atomic mass is 10.4. The van der Waals surface area contributed by atoms with Gasteiger partial charge in [0.1, 0.15) is 0 Å². The Morgan fingerprint density at radius 3 is 2.60 bits per heavy atom. The molecule has 0 saturated carbocycles. The number of rotatable bonds is 6. The molecule has 0 bridgehead atoms. The van der Waals surface area contributed by atoms with Crippen molar-refractivity contribution < 1.29 is 9.47 Å². The lowest BCUT2D eigenvalue weighted by Crippen LogP contribution is -2.26. The van der Waals surface area contributed by atoms with Gasteiger partial charge in [0.2, 0.25) is 0 Å². The summed E-state index contributed by atoms with van der Waals surface area (Å²) in [6, 6.07) is 0. The molecule has 1 aromatic heterocycles. The van der Waals surface area contributed by atoms with Crippen molar-refractivity contribution in [3.8, 4) is 0 Å². The number of hydrogen-bond acceptors (Lipinski definition) is 5. The SMILES string of the molecule is COCC(CNc1nc(C)c(C)s1)OC. The topological polar surface area (TPSA) is 43.4 Å². The van der Waals surface area contributed by atoms with Crippen molar-refractivity contribution in [1.29, 1.82) is 0 Å². The number of anilines is 1. The van der Waals surface area contributed by atoms with Gasteiger partial charge in [0.05, 0.1) is 18.4 Å². The second kappa shape index (κ2) is 6.05. The Kier molecular flexibility index (Phi) is 5.01. The molecule has 1 N–H and O–H groups in total. The summed E-state index contributed by atoms with van der Waals surface area (Å²) in [5.41, 5.74) is 1.09. The van der Waals surface area contributed by atoms with Gasteiger partial charge in [0, 0.05) is 25.6 Å². The second-order valence-electron chi connectivity index (χ2n) is 3.35. The van der Waals surface area contributed by atoms with Gasteiger partial charge in [0.15, 0.2) is 5.13 Å². The summed E-state index contributed by atoms with van der Waals surface area (Å²) >= 11 is 1.67. The Labute approximate surface area is 94.6 Å². The number of aromatic nitrogens is 1. The first kappa shape index (κ1) is 12.4. The van der Waals surface area contributed by atoms with E-state index >= 15 is 0 Å². The molecular weight excluding hydrogens is 212 g/mol. The van der Waals surface area contributed by atoms with Gasteiger partial charge in [-0.05, 0) is 13.8 Å². The Balaban J connectivity index is 2.41. The van der Waals surface area contributed by atoms with Crippen LogP contribution in [0.5, 0.6) is 0 Å². The summed E-state index contributed by atoms with van der Waals surface area (Å²) in [5, 5.41) is 4.19. The highest BCUT2D eigenvalue weighted by Gasteiger charge is 2.08. The Hall–Kier alpha value is -0.650. The predicted octanol–water partition coefficient (Wildman–Crippen LogP) is 1.83. The van der Waals surface area contributed by atoms with Gasteiger partial charge in [-0.3, -0.25) is 0 Å². The molecule has 0 aliphatic rings. The van der Waals surface area contributed by atoms with Crippen LogP contribution in [0.25, 0.3) is 0 Å². The molecule has 1 unspecified atom stereocenters. The molecule has 0 aromatic carbocycles. The number of hydrogen-bond donors (Lipinski definition) is 1. The van der Waals surface area contributed by atoms with E-state index in [1.54, 1.807) is 25.6 Å². The van der Waals surface area contributed by atoms with Crippen LogP contribution in [-0.2, 0) is 9.47 Å². The van der Waals surface area contributed by atoms with Crippen LogP contribution in [0.2, 0.25) is 0 Å². The number of ether oxygens (including phenoxy) is 2. The van der Waals surface area contributed by atoms with E-state index in [0.717, 1.165) is 17.4 Å². The first-order valence-corrected chi connectivity index (χ1v) is 5.68. The van der Waals surface area contributed by atoms with Crippen molar-refractivity contribution in [2.24, 2.45) is 0 Å². The lowest BCUT2D eigenvalue weighted by Gasteiger charge is -2.14. The van der Waals surface area contributed by atoms with Gasteiger partial charge in [-0.25, -0.2) is 4.98 Å². The minimum absolute atomic E-state index is 0.0690. The average molecular weight is 230 g/mol. The Morgan fingerprint density at radius 2 is 2.13 bits per heavy atom. The van der Waals surface area contributed by atoms with E-state index in [9.17, 15) is 0 Å². The maximum absolute atomic E-state index is 5.24. The normalized spacial score (nSPS) is 12.8. The summed E-state index contributed by atoms with van der Waals surface area (Å²) in [6.07, 6.45) is 0.0690. The van der Waals surface area contributed by atoms with Crippen molar-refractivity contribution in [2.45, 2.75) is 20.0 Å². The fourth-order valence-electron chi connectivity index (χ4n) is 1.15. The van der Waals surface area contributed by atoms with Crippen molar-refractivity contribution in [2.75, 3.05) is 32.7 Å². The maximum Gasteiger partial charge on any atom is 0.183 e. The molecule has 1 aromatic rings. The first-order chi connectivity index (χ1) is 7.17. The van der Waals surface area contributed by atoms with Crippen LogP contribution in [0.4, 0.5) is 5.13 Å². The zero-order valence-corrected chi connectivity index (χ0v) is 10.5. The molecule has 0 aliphatic heterocycles. The Morgan fingerprint density at radius 1 is 1.40 bits per heavy atom. The summed E-state index contributed by atoms with van der Waals surface area (Å²) in [6.45, 7) is 5.39. The lowest BCUT2D eigenvalue weighted by molar-refractivity contribution is 0.0365. The van der Waals surface area contributed by atoms with E-state index in [0.29, 0.717) is 6.61 Å². The van der Waals surface area contributed by atoms with Gasteiger partial charge < -0.3 is 14.8 Å². The van der Waals surface area contributed by atoms with E-state index in [-0.39, 0.29) is 6.10 Å². The smallest absolute Gasteiger partial charge is 0.183 e. The van der Waals surface area contributed by atoms with Gasteiger partial charge >= 0.3 is 0 Å².